The number of aliphatic hydroxyl groups is 1. The molecule has 0 spiro atoms. The Bertz CT molecular complexity index is 222. The monoisotopic (exact) mass is 211 g/mol. The predicted octanol–water partition coefficient (Wildman–Crippen LogP) is 1.96. The molecule has 0 amide bonds. The zero-order valence-electron chi connectivity index (χ0n) is 9.24. The van der Waals surface area contributed by atoms with E-state index in [1.165, 1.54) is 12.8 Å². The minimum Gasteiger partial charge on any atom is -0.469 e. The molecule has 1 aromatic rings. The molecule has 0 saturated carbocycles. The molecule has 1 aromatic heterocycles. The van der Waals surface area contributed by atoms with Crippen molar-refractivity contribution in [1.29, 1.82) is 0 Å². The molecule has 0 aromatic carbocycles. The molecule has 0 saturated heterocycles. The summed E-state index contributed by atoms with van der Waals surface area (Å²) in [6, 6.07) is 3.92. The molecule has 3 nitrogen and oxygen atoms in total. The molecule has 0 radical (unpaired) electrons. The number of nitrogens with one attached hydrogen (secondary N) is 1. The predicted molar refractivity (Wildman–Crippen MR) is 60.8 cm³/mol. The van der Waals surface area contributed by atoms with Gasteiger partial charge in [-0.15, -0.1) is 0 Å². The maximum atomic E-state index is 8.59. The van der Waals surface area contributed by atoms with Crippen LogP contribution < -0.4 is 5.32 Å². The normalized spacial score (nSPS) is 10.7. The summed E-state index contributed by atoms with van der Waals surface area (Å²) in [5, 5.41) is 12.0. The van der Waals surface area contributed by atoms with Gasteiger partial charge < -0.3 is 14.8 Å². The number of rotatable bonds is 9. The first-order valence-electron chi connectivity index (χ1n) is 5.77. The fourth-order valence-electron chi connectivity index (χ4n) is 1.51. The lowest BCUT2D eigenvalue weighted by Gasteiger charge is -2.02. The first kappa shape index (κ1) is 12.3. The van der Waals surface area contributed by atoms with Crippen LogP contribution in [-0.2, 0) is 6.42 Å². The number of hydrogen-bond donors (Lipinski definition) is 2. The molecule has 15 heavy (non-hydrogen) atoms. The maximum absolute atomic E-state index is 8.59. The van der Waals surface area contributed by atoms with Crippen molar-refractivity contribution in [1.82, 2.24) is 5.32 Å². The minimum absolute atomic E-state index is 0.325. The minimum atomic E-state index is 0.325. The van der Waals surface area contributed by atoms with Gasteiger partial charge in [-0.05, 0) is 31.5 Å². The summed E-state index contributed by atoms with van der Waals surface area (Å²) >= 11 is 0. The van der Waals surface area contributed by atoms with E-state index in [1.807, 2.05) is 12.1 Å². The lowest BCUT2D eigenvalue weighted by molar-refractivity contribution is 0.282. The van der Waals surface area contributed by atoms with Gasteiger partial charge in [-0.25, -0.2) is 0 Å². The highest BCUT2D eigenvalue weighted by Crippen LogP contribution is 2.00. The van der Waals surface area contributed by atoms with Gasteiger partial charge in [0.1, 0.15) is 5.76 Å². The first-order chi connectivity index (χ1) is 7.43. The second-order valence-electron chi connectivity index (χ2n) is 3.72. The molecule has 0 aliphatic heterocycles. The van der Waals surface area contributed by atoms with E-state index in [4.69, 9.17) is 9.52 Å². The van der Waals surface area contributed by atoms with Crippen molar-refractivity contribution in [2.75, 3.05) is 19.7 Å². The Balaban J connectivity index is 1.81. The zero-order valence-corrected chi connectivity index (χ0v) is 9.24. The van der Waals surface area contributed by atoms with Crippen molar-refractivity contribution in [2.45, 2.75) is 32.1 Å². The average Bonchev–Trinajstić information content (AvgIpc) is 2.75. The van der Waals surface area contributed by atoms with Crippen LogP contribution in [0.2, 0.25) is 0 Å². The molecule has 0 atom stereocenters. The van der Waals surface area contributed by atoms with E-state index in [9.17, 15) is 0 Å². The van der Waals surface area contributed by atoms with Crippen LogP contribution in [0.15, 0.2) is 22.8 Å². The lowest BCUT2D eigenvalue weighted by atomic mass is 10.2. The summed E-state index contributed by atoms with van der Waals surface area (Å²) < 4.78 is 5.23. The third kappa shape index (κ3) is 6.31. The van der Waals surface area contributed by atoms with Crippen molar-refractivity contribution >= 4 is 0 Å². The Kier molecular flexibility index (Phi) is 6.96. The Hall–Kier alpha value is -0.800. The number of hydrogen-bond acceptors (Lipinski definition) is 3. The van der Waals surface area contributed by atoms with Gasteiger partial charge in [-0.1, -0.05) is 12.8 Å². The Morgan fingerprint density at radius 2 is 2.00 bits per heavy atom. The van der Waals surface area contributed by atoms with E-state index in [1.54, 1.807) is 6.26 Å². The quantitative estimate of drug-likeness (QED) is 0.614. The Morgan fingerprint density at radius 3 is 2.73 bits per heavy atom. The van der Waals surface area contributed by atoms with Crippen LogP contribution in [-0.4, -0.2) is 24.8 Å². The van der Waals surface area contributed by atoms with Crippen LogP contribution in [0.1, 0.15) is 31.4 Å². The summed E-state index contributed by atoms with van der Waals surface area (Å²) in [4.78, 5) is 0. The van der Waals surface area contributed by atoms with Gasteiger partial charge in [-0.2, -0.15) is 0 Å². The van der Waals surface area contributed by atoms with E-state index < -0.39 is 0 Å². The molecule has 2 N–H and O–H groups in total. The first-order valence-corrected chi connectivity index (χ1v) is 5.77. The van der Waals surface area contributed by atoms with Gasteiger partial charge in [-0.3, -0.25) is 0 Å². The molecular formula is C12H21NO2. The van der Waals surface area contributed by atoms with E-state index >= 15 is 0 Å². The van der Waals surface area contributed by atoms with E-state index in [0.717, 1.165) is 38.1 Å². The molecule has 0 aliphatic carbocycles. The molecule has 0 unspecified atom stereocenters. The Morgan fingerprint density at radius 1 is 1.13 bits per heavy atom. The second-order valence-corrected chi connectivity index (χ2v) is 3.72. The summed E-state index contributed by atoms with van der Waals surface area (Å²) in [5.74, 6) is 1.04. The van der Waals surface area contributed by atoms with E-state index in [2.05, 4.69) is 5.32 Å². The van der Waals surface area contributed by atoms with Crippen molar-refractivity contribution in [3.8, 4) is 0 Å². The molecule has 0 aliphatic rings. The smallest absolute Gasteiger partial charge is 0.105 e. The molecule has 0 bridgehead atoms. The highest BCUT2D eigenvalue weighted by Gasteiger charge is 1.94. The van der Waals surface area contributed by atoms with Crippen molar-refractivity contribution in [2.24, 2.45) is 0 Å². The van der Waals surface area contributed by atoms with E-state index in [0.29, 0.717) is 6.61 Å². The Labute approximate surface area is 91.5 Å². The third-order valence-electron chi connectivity index (χ3n) is 2.39. The van der Waals surface area contributed by atoms with Crippen LogP contribution in [0, 0.1) is 0 Å². The van der Waals surface area contributed by atoms with Gasteiger partial charge in [0.15, 0.2) is 0 Å². The van der Waals surface area contributed by atoms with Crippen molar-refractivity contribution in [3.05, 3.63) is 24.2 Å². The SMILES string of the molecule is OCCCCCCNCCc1ccco1. The topological polar surface area (TPSA) is 45.4 Å². The van der Waals surface area contributed by atoms with Crippen molar-refractivity contribution < 1.29 is 9.52 Å². The summed E-state index contributed by atoms with van der Waals surface area (Å²) in [6.45, 7) is 2.37. The third-order valence-corrected chi connectivity index (χ3v) is 2.39. The number of aliphatic hydroxyl groups excluding tert-OH is 1. The molecule has 0 fully saturated rings. The number of unbranched alkanes of at least 4 members (excludes halogenated alkanes) is 3. The van der Waals surface area contributed by atoms with E-state index in [-0.39, 0.29) is 0 Å². The van der Waals surface area contributed by atoms with Gasteiger partial charge >= 0.3 is 0 Å². The number of furan rings is 1. The highest BCUT2D eigenvalue weighted by molar-refractivity contribution is 4.98. The van der Waals surface area contributed by atoms with Crippen LogP contribution in [0.5, 0.6) is 0 Å². The fourth-order valence-corrected chi connectivity index (χ4v) is 1.51. The maximum Gasteiger partial charge on any atom is 0.105 e. The average molecular weight is 211 g/mol. The van der Waals surface area contributed by atoms with Crippen LogP contribution in [0.4, 0.5) is 0 Å². The van der Waals surface area contributed by atoms with Gasteiger partial charge in [0.2, 0.25) is 0 Å². The largest absolute Gasteiger partial charge is 0.469 e. The molecule has 1 heterocycles. The van der Waals surface area contributed by atoms with Crippen LogP contribution >= 0.6 is 0 Å². The summed E-state index contributed by atoms with van der Waals surface area (Å²) in [5.41, 5.74) is 0. The molecule has 86 valence electrons. The van der Waals surface area contributed by atoms with Gasteiger partial charge in [0.05, 0.1) is 6.26 Å². The van der Waals surface area contributed by atoms with Gasteiger partial charge in [0, 0.05) is 19.6 Å². The summed E-state index contributed by atoms with van der Waals surface area (Å²) in [6.07, 6.45) is 7.14. The van der Waals surface area contributed by atoms with Crippen molar-refractivity contribution in [3.63, 3.8) is 0 Å². The van der Waals surface area contributed by atoms with Gasteiger partial charge in [0.25, 0.3) is 0 Å². The molecule has 1 rings (SSSR count). The summed E-state index contributed by atoms with van der Waals surface area (Å²) in [7, 11) is 0. The van der Waals surface area contributed by atoms with Crippen LogP contribution in [0.3, 0.4) is 0 Å². The van der Waals surface area contributed by atoms with Crippen LogP contribution in [0.25, 0.3) is 0 Å². The molecular weight excluding hydrogens is 190 g/mol. The fraction of sp³-hybridized carbons (Fsp3) is 0.667. The second kappa shape index (κ2) is 8.50. The zero-order chi connectivity index (χ0) is 10.8. The lowest BCUT2D eigenvalue weighted by Crippen LogP contribution is -2.18. The highest BCUT2D eigenvalue weighted by atomic mass is 16.3. The molecule has 3 heteroatoms. The standard InChI is InChI=1S/C12H21NO2/c14-10-4-2-1-3-8-13-9-7-12-6-5-11-15-12/h5-6,11,13-14H,1-4,7-10H2.